The van der Waals surface area contributed by atoms with E-state index in [9.17, 15) is 13.2 Å². The molecule has 0 heterocycles. The molecular formula is C5H11ClN2O4S. The van der Waals surface area contributed by atoms with Gasteiger partial charge in [0.15, 0.2) is 0 Å². The van der Waals surface area contributed by atoms with Crippen LogP contribution < -0.4 is 4.72 Å². The lowest BCUT2D eigenvalue weighted by Gasteiger charge is -2.15. The van der Waals surface area contributed by atoms with Crippen LogP contribution >= 0.6 is 11.6 Å². The SMILES string of the molecule is COC(=O)NS(=O)(=O)N(C)CCCl. The highest BCUT2D eigenvalue weighted by Gasteiger charge is 2.19. The average molecular weight is 231 g/mol. The van der Waals surface area contributed by atoms with Gasteiger partial charge in [-0.25, -0.2) is 9.52 Å². The summed E-state index contributed by atoms with van der Waals surface area (Å²) in [5.74, 6) is 0.151. The predicted molar refractivity (Wildman–Crippen MR) is 47.8 cm³/mol. The lowest BCUT2D eigenvalue weighted by atomic mass is 10.8. The van der Waals surface area contributed by atoms with Gasteiger partial charge >= 0.3 is 16.3 Å². The molecule has 0 aliphatic rings. The summed E-state index contributed by atoms with van der Waals surface area (Å²) in [5.41, 5.74) is 0. The van der Waals surface area contributed by atoms with Crippen molar-refractivity contribution in [3.8, 4) is 0 Å². The molecule has 6 nitrogen and oxygen atoms in total. The van der Waals surface area contributed by atoms with E-state index in [1.807, 2.05) is 0 Å². The Morgan fingerprint density at radius 2 is 2.15 bits per heavy atom. The number of methoxy groups -OCH3 is 1. The first kappa shape index (κ1) is 12.5. The number of nitrogens with one attached hydrogen (secondary N) is 1. The summed E-state index contributed by atoms with van der Waals surface area (Å²) in [5, 5.41) is 0. The fourth-order valence-corrected chi connectivity index (χ4v) is 1.60. The van der Waals surface area contributed by atoms with E-state index in [-0.39, 0.29) is 12.4 Å². The minimum atomic E-state index is -3.81. The summed E-state index contributed by atoms with van der Waals surface area (Å²) < 4.78 is 29.0. The Morgan fingerprint density at radius 1 is 1.62 bits per heavy atom. The molecule has 0 atom stereocenters. The Kier molecular flexibility index (Phi) is 5.04. The number of alkyl halides is 1. The summed E-state index contributed by atoms with van der Waals surface area (Å²) in [4.78, 5) is 10.6. The standard InChI is InChI=1S/C5H11ClN2O4S/c1-8(4-3-6)13(10,11)7-5(9)12-2/h3-4H2,1-2H3,(H,7,9). The van der Waals surface area contributed by atoms with Gasteiger partial charge in [0.25, 0.3) is 0 Å². The third-order valence-corrected chi connectivity index (χ3v) is 2.80. The van der Waals surface area contributed by atoms with Gasteiger partial charge in [0.2, 0.25) is 0 Å². The second kappa shape index (κ2) is 5.25. The van der Waals surface area contributed by atoms with Crippen LogP contribution in [0.4, 0.5) is 4.79 Å². The Bertz CT molecular complexity index is 266. The molecule has 0 bridgehead atoms. The number of hydrogen-bond donors (Lipinski definition) is 1. The number of nitrogens with zero attached hydrogens (tertiary/aromatic N) is 1. The van der Waals surface area contributed by atoms with Gasteiger partial charge in [0, 0.05) is 19.5 Å². The van der Waals surface area contributed by atoms with Crippen molar-refractivity contribution in [2.45, 2.75) is 0 Å². The van der Waals surface area contributed by atoms with Crippen LogP contribution in [0.15, 0.2) is 0 Å². The first-order valence-corrected chi connectivity index (χ1v) is 5.29. The van der Waals surface area contributed by atoms with Crippen LogP contribution in [-0.2, 0) is 14.9 Å². The van der Waals surface area contributed by atoms with Crippen LogP contribution in [0.5, 0.6) is 0 Å². The molecule has 0 aliphatic heterocycles. The number of hydrogen-bond acceptors (Lipinski definition) is 4. The molecule has 0 rings (SSSR count). The van der Waals surface area contributed by atoms with Crippen LogP contribution in [0.2, 0.25) is 0 Å². The molecule has 0 aliphatic carbocycles. The molecule has 0 aromatic rings. The van der Waals surface area contributed by atoms with Crippen molar-refractivity contribution in [2.24, 2.45) is 0 Å². The van der Waals surface area contributed by atoms with E-state index in [0.717, 1.165) is 11.4 Å². The van der Waals surface area contributed by atoms with Crippen molar-refractivity contribution in [1.82, 2.24) is 9.03 Å². The molecule has 0 radical (unpaired) electrons. The number of halogens is 1. The van der Waals surface area contributed by atoms with Crippen LogP contribution in [0.25, 0.3) is 0 Å². The maximum absolute atomic E-state index is 11.1. The monoisotopic (exact) mass is 230 g/mol. The third kappa shape index (κ3) is 4.30. The summed E-state index contributed by atoms with van der Waals surface area (Å²) in [6.07, 6.45) is -1.03. The molecule has 0 unspecified atom stereocenters. The molecule has 0 saturated carbocycles. The van der Waals surface area contributed by atoms with Crippen molar-refractivity contribution in [2.75, 3.05) is 26.6 Å². The minimum Gasteiger partial charge on any atom is -0.452 e. The van der Waals surface area contributed by atoms with Gasteiger partial charge in [-0.3, -0.25) is 0 Å². The molecule has 78 valence electrons. The van der Waals surface area contributed by atoms with E-state index in [0.29, 0.717) is 0 Å². The molecule has 0 fully saturated rings. The van der Waals surface area contributed by atoms with Gasteiger partial charge in [0.1, 0.15) is 0 Å². The zero-order chi connectivity index (χ0) is 10.5. The maximum Gasteiger partial charge on any atom is 0.421 e. The van der Waals surface area contributed by atoms with Gasteiger partial charge in [-0.05, 0) is 0 Å². The number of carbonyl (C=O) groups excluding carboxylic acids is 1. The van der Waals surface area contributed by atoms with Crippen molar-refractivity contribution in [1.29, 1.82) is 0 Å². The van der Waals surface area contributed by atoms with E-state index in [1.165, 1.54) is 7.05 Å². The second-order valence-corrected chi connectivity index (χ2v) is 4.26. The summed E-state index contributed by atoms with van der Waals surface area (Å²) >= 11 is 5.32. The highest BCUT2D eigenvalue weighted by Crippen LogP contribution is 1.94. The Balaban J connectivity index is 4.31. The molecule has 0 aromatic carbocycles. The molecule has 1 N–H and O–H groups in total. The molecule has 1 amide bonds. The van der Waals surface area contributed by atoms with Gasteiger partial charge in [-0.2, -0.15) is 12.7 Å². The second-order valence-electron chi connectivity index (χ2n) is 2.11. The fourth-order valence-electron chi connectivity index (χ4n) is 0.464. The van der Waals surface area contributed by atoms with Crippen LogP contribution in [0, 0.1) is 0 Å². The van der Waals surface area contributed by atoms with E-state index < -0.39 is 16.3 Å². The van der Waals surface area contributed by atoms with Crippen LogP contribution in [0.3, 0.4) is 0 Å². The molecule has 0 saturated heterocycles. The topological polar surface area (TPSA) is 75.7 Å². The van der Waals surface area contributed by atoms with Crippen LogP contribution in [0.1, 0.15) is 0 Å². The van der Waals surface area contributed by atoms with Gasteiger partial charge in [0.05, 0.1) is 7.11 Å². The number of rotatable bonds is 4. The average Bonchev–Trinajstić information content (AvgIpc) is 2.04. The molecule has 13 heavy (non-hydrogen) atoms. The molecular weight excluding hydrogens is 220 g/mol. The van der Waals surface area contributed by atoms with E-state index in [1.54, 1.807) is 4.72 Å². The molecule has 0 spiro atoms. The number of amides is 1. The fraction of sp³-hybridized carbons (Fsp3) is 0.800. The number of carbonyl (C=O) groups is 1. The van der Waals surface area contributed by atoms with Gasteiger partial charge in [-0.15, -0.1) is 11.6 Å². The molecule has 0 aromatic heterocycles. The largest absolute Gasteiger partial charge is 0.452 e. The highest BCUT2D eigenvalue weighted by atomic mass is 35.5. The van der Waals surface area contributed by atoms with Crippen LogP contribution in [-0.4, -0.2) is 45.4 Å². The van der Waals surface area contributed by atoms with Crippen molar-refractivity contribution in [3.05, 3.63) is 0 Å². The normalized spacial score (nSPS) is 11.4. The first-order chi connectivity index (χ1) is 5.94. The summed E-state index contributed by atoms with van der Waals surface area (Å²) in [7, 11) is -1.43. The Morgan fingerprint density at radius 3 is 2.54 bits per heavy atom. The van der Waals surface area contributed by atoms with Crippen molar-refractivity contribution < 1.29 is 17.9 Å². The minimum absolute atomic E-state index is 0.119. The van der Waals surface area contributed by atoms with Crippen molar-refractivity contribution >= 4 is 27.9 Å². The quantitative estimate of drug-likeness (QED) is 0.677. The smallest absolute Gasteiger partial charge is 0.421 e. The van der Waals surface area contributed by atoms with E-state index >= 15 is 0 Å². The lowest BCUT2D eigenvalue weighted by molar-refractivity contribution is 0.177. The summed E-state index contributed by atoms with van der Waals surface area (Å²) in [6.45, 7) is 0.119. The van der Waals surface area contributed by atoms with E-state index in [4.69, 9.17) is 11.6 Å². The molecule has 8 heteroatoms. The van der Waals surface area contributed by atoms with Gasteiger partial charge < -0.3 is 4.74 Å². The Labute approximate surface area is 82.0 Å². The first-order valence-electron chi connectivity index (χ1n) is 3.32. The maximum atomic E-state index is 11.1. The number of ether oxygens (including phenoxy) is 1. The lowest BCUT2D eigenvalue weighted by Crippen LogP contribution is -2.42. The predicted octanol–water partition coefficient (Wildman–Crippen LogP) is -0.242. The third-order valence-electron chi connectivity index (χ3n) is 1.21. The zero-order valence-electron chi connectivity index (χ0n) is 7.28. The zero-order valence-corrected chi connectivity index (χ0v) is 8.85. The summed E-state index contributed by atoms with van der Waals surface area (Å²) in [6, 6.07) is 0. The van der Waals surface area contributed by atoms with E-state index in [2.05, 4.69) is 4.74 Å². The Hall–Kier alpha value is -0.530. The highest BCUT2D eigenvalue weighted by molar-refractivity contribution is 7.87. The van der Waals surface area contributed by atoms with Crippen molar-refractivity contribution in [3.63, 3.8) is 0 Å². The van der Waals surface area contributed by atoms with Gasteiger partial charge in [-0.1, -0.05) is 0 Å².